The number of nitrogens with zero attached hydrogens (tertiary/aromatic N) is 2. The molecule has 1 aliphatic rings. The Morgan fingerprint density at radius 2 is 2.00 bits per heavy atom. The molecule has 2 aromatic rings. The monoisotopic (exact) mass is 352 g/mol. The minimum Gasteiger partial charge on any atom is -0.392 e. The van der Waals surface area contributed by atoms with Gasteiger partial charge in [0.05, 0.1) is 18.6 Å². The average molecular weight is 353 g/mol. The van der Waals surface area contributed by atoms with Crippen molar-refractivity contribution in [3.8, 4) is 11.4 Å². The molecule has 2 heterocycles. The molecular weight excluding hydrogens is 336 g/mol. The van der Waals surface area contributed by atoms with Crippen molar-refractivity contribution in [3.63, 3.8) is 0 Å². The van der Waals surface area contributed by atoms with Crippen molar-refractivity contribution < 1.29 is 14.4 Å². The van der Waals surface area contributed by atoms with Gasteiger partial charge in [-0.3, -0.25) is 0 Å². The highest BCUT2D eigenvalue weighted by molar-refractivity contribution is 9.10. The lowest BCUT2D eigenvalue weighted by atomic mass is 9.99. The van der Waals surface area contributed by atoms with Crippen LogP contribution in [0.1, 0.15) is 29.4 Å². The Balaban J connectivity index is 1.91. The molecule has 0 bridgehead atoms. The number of aryl methyl sites for hydroxylation is 2. The summed E-state index contributed by atoms with van der Waals surface area (Å²) in [5.74, 6) is 0.745. The van der Waals surface area contributed by atoms with Crippen LogP contribution in [0.3, 0.4) is 0 Å². The Labute approximate surface area is 131 Å². The maximum Gasteiger partial charge on any atom is 0.235 e. The van der Waals surface area contributed by atoms with Crippen molar-refractivity contribution in [1.82, 2.24) is 10.1 Å². The summed E-state index contributed by atoms with van der Waals surface area (Å²) in [6, 6.07) is 4.03. The van der Waals surface area contributed by atoms with Crippen molar-refractivity contribution >= 4 is 15.9 Å². The van der Waals surface area contributed by atoms with Gasteiger partial charge in [0.15, 0.2) is 0 Å². The number of hydrogen-bond donors (Lipinski definition) is 1. The molecule has 5 nitrogen and oxygen atoms in total. The summed E-state index contributed by atoms with van der Waals surface area (Å²) in [6.45, 7) is 5.05. The molecule has 2 unspecified atom stereocenters. The quantitative estimate of drug-likeness (QED) is 0.899. The lowest BCUT2D eigenvalue weighted by molar-refractivity contribution is -0.0149. The van der Waals surface area contributed by atoms with Crippen LogP contribution in [-0.4, -0.2) is 34.6 Å². The summed E-state index contributed by atoms with van der Waals surface area (Å²) < 4.78 is 11.8. The van der Waals surface area contributed by atoms with Gasteiger partial charge < -0.3 is 14.4 Å². The van der Waals surface area contributed by atoms with Crippen molar-refractivity contribution in [2.75, 3.05) is 13.2 Å². The number of benzene rings is 1. The third-order valence-electron chi connectivity index (χ3n) is 3.77. The molecule has 1 aromatic heterocycles. The number of halogens is 1. The van der Waals surface area contributed by atoms with Crippen LogP contribution in [0.2, 0.25) is 0 Å². The minimum absolute atomic E-state index is 0.238. The van der Waals surface area contributed by atoms with Gasteiger partial charge in [-0.25, -0.2) is 0 Å². The predicted molar refractivity (Wildman–Crippen MR) is 81.1 cm³/mol. The van der Waals surface area contributed by atoms with Gasteiger partial charge >= 0.3 is 0 Å². The summed E-state index contributed by atoms with van der Waals surface area (Å²) in [5, 5.41) is 14.1. The second-order valence-corrected chi connectivity index (χ2v) is 6.21. The molecule has 0 radical (unpaired) electrons. The maximum atomic E-state index is 10.0. The van der Waals surface area contributed by atoms with Crippen LogP contribution in [0.5, 0.6) is 0 Å². The highest BCUT2D eigenvalue weighted by Crippen LogP contribution is 2.29. The summed E-state index contributed by atoms with van der Waals surface area (Å²) in [4.78, 5) is 4.43. The number of rotatable bonds is 2. The van der Waals surface area contributed by atoms with E-state index in [1.807, 2.05) is 26.0 Å². The Morgan fingerprint density at radius 1 is 1.29 bits per heavy atom. The van der Waals surface area contributed by atoms with E-state index in [2.05, 4.69) is 26.1 Å². The van der Waals surface area contributed by atoms with E-state index in [1.54, 1.807) is 0 Å². The third kappa shape index (κ3) is 2.88. The van der Waals surface area contributed by atoms with E-state index in [4.69, 9.17) is 9.26 Å². The van der Waals surface area contributed by atoms with E-state index in [9.17, 15) is 5.11 Å². The molecule has 0 saturated carbocycles. The highest BCUT2D eigenvalue weighted by atomic mass is 79.9. The Hall–Kier alpha value is -1.24. The topological polar surface area (TPSA) is 68.4 Å². The fraction of sp³-hybridized carbons (Fsp3) is 0.467. The van der Waals surface area contributed by atoms with Crippen molar-refractivity contribution in [3.05, 3.63) is 33.6 Å². The number of aromatic nitrogens is 2. The fourth-order valence-electron chi connectivity index (χ4n) is 2.54. The molecule has 0 spiro atoms. The molecule has 21 heavy (non-hydrogen) atoms. The van der Waals surface area contributed by atoms with Gasteiger partial charge in [0.2, 0.25) is 11.7 Å². The molecule has 112 valence electrons. The normalized spacial score (nSPS) is 22.5. The molecule has 0 amide bonds. The molecule has 1 aliphatic heterocycles. The fourth-order valence-corrected chi connectivity index (χ4v) is 2.77. The molecule has 3 rings (SSSR count). The lowest BCUT2D eigenvalue weighted by Crippen LogP contribution is -2.30. The largest absolute Gasteiger partial charge is 0.392 e. The SMILES string of the molecule is Cc1cc(-c2noc(C3COCCC3O)n2)cc(C)c1Br. The molecule has 2 atom stereocenters. The molecule has 0 aliphatic carbocycles. The molecule has 1 N–H and O–H groups in total. The van der Waals surface area contributed by atoms with E-state index in [-0.39, 0.29) is 5.92 Å². The molecule has 6 heteroatoms. The van der Waals surface area contributed by atoms with E-state index in [0.717, 1.165) is 21.2 Å². The standard InChI is InChI=1S/C15H17BrN2O3/c1-8-5-10(6-9(2)13(8)16)14-17-15(21-18-14)11-7-20-4-3-12(11)19/h5-6,11-12,19H,3-4,7H2,1-2H3. The first-order valence-electron chi connectivity index (χ1n) is 6.93. The second-order valence-electron chi connectivity index (χ2n) is 5.42. The number of ether oxygens (including phenoxy) is 1. The van der Waals surface area contributed by atoms with Crippen LogP contribution in [-0.2, 0) is 4.74 Å². The van der Waals surface area contributed by atoms with Crippen molar-refractivity contribution in [2.24, 2.45) is 0 Å². The van der Waals surface area contributed by atoms with Gasteiger partial charge in [-0.15, -0.1) is 0 Å². The smallest absolute Gasteiger partial charge is 0.235 e. The summed E-state index contributed by atoms with van der Waals surface area (Å²) >= 11 is 3.55. The zero-order valence-corrected chi connectivity index (χ0v) is 13.6. The zero-order chi connectivity index (χ0) is 15.0. The molecule has 1 fully saturated rings. The summed E-state index contributed by atoms with van der Waals surface area (Å²) in [6.07, 6.45) is 0.110. The van der Waals surface area contributed by atoms with Gasteiger partial charge in [0.1, 0.15) is 0 Å². The van der Waals surface area contributed by atoms with Gasteiger partial charge in [0, 0.05) is 16.6 Å². The van der Waals surface area contributed by atoms with Gasteiger partial charge in [0.25, 0.3) is 0 Å². The minimum atomic E-state index is -0.486. The number of aliphatic hydroxyl groups is 1. The highest BCUT2D eigenvalue weighted by Gasteiger charge is 2.30. The van der Waals surface area contributed by atoms with Crippen LogP contribution < -0.4 is 0 Å². The van der Waals surface area contributed by atoms with Gasteiger partial charge in [-0.05, 0) is 43.5 Å². The first-order valence-corrected chi connectivity index (χ1v) is 7.72. The van der Waals surface area contributed by atoms with E-state index in [1.165, 1.54) is 0 Å². The van der Waals surface area contributed by atoms with Crippen LogP contribution in [0.15, 0.2) is 21.1 Å². The molecule has 1 aromatic carbocycles. The molecular formula is C15H17BrN2O3. The second kappa shape index (κ2) is 5.87. The first kappa shape index (κ1) is 14.7. The van der Waals surface area contributed by atoms with E-state index >= 15 is 0 Å². The Morgan fingerprint density at radius 3 is 2.67 bits per heavy atom. The third-order valence-corrected chi connectivity index (χ3v) is 5.02. The van der Waals surface area contributed by atoms with Crippen LogP contribution in [0.25, 0.3) is 11.4 Å². The first-order chi connectivity index (χ1) is 10.1. The molecule has 1 saturated heterocycles. The van der Waals surface area contributed by atoms with Crippen molar-refractivity contribution in [1.29, 1.82) is 0 Å². The zero-order valence-electron chi connectivity index (χ0n) is 12.0. The maximum absolute atomic E-state index is 10.0. The number of hydrogen-bond acceptors (Lipinski definition) is 5. The van der Waals surface area contributed by atoms with Crippen LogP contribution in [0, 0.1) is 13.8 Å². The van der Waals surface area contributed by atoms with E-state index < -0.39 is 6.10 Å². The Bertz CT molecular complexity index is 633. The van der Waals surface area contributed by atoms with Crippen LogP contribution >= 0.6 is 15.9 Å². The van der Waals surface area contributed by atoms with Crippen LogP contribution in [0.4, 0.5) is 0 Å². The van der Waals surface area contributed by atoms with Gasteiger partial charge in [-0.1, -0.05) is 21.1 Å². The summed E-state index contributed by atoms with van der Waals surface area (Å²) in [5.41, 5.74) is 3.16. The van der Waals surface area contributed by atoms with Crippen molar-refractivity contribution in [2.45, 2.75) is 32.3 Å². The average Bonchev–Trinajstić information content (AvgIpc) is 2.94. The summed E-state index contributed by atoms with van der Waals surface area (Å²) in [7, 11) is 0. The number of aliphatic hydroxyl groups excluding tert-OH is 1. The van der Waals surface area contributed by atoms with Gasteiger partial charge in [-0.2, -0.15) is 4.98 Å². The lowest BCUT2D eigenvalue weighted by Gasteiger charge is -2.24. The Kier molecular flexibility index (Phi) is 4.10. The van der Waals surface area contributed by atoms with E-state index in [0.29, 0.717) is 31.3 Å². The predicted octanol–water partition coefficient (Wildman–Crippen LogP) is 2.98.